The summed E-state index contributed by atoms with van der Waals surface area (Å²) < 4.78 is 0. The first-order chi connectivity index (χ1) is 14.8. The molecule has 2 heteroatoms. The topological polar surface area (TPSA) is 17.1 Å². The molecule has 0 aliphatic heterocycles. The van der Waals surface area contributed by atoms with Gasteiger partial charge in [0.2, 0.25) is 5.78 Å². The van der Waals surface area contributed by atoms with Gasteiger partial charge in [-0.05, 0) is 41.1 Å². The molecular weight excluding hydrogens is 384 g/mol. The van der Waals surface area contributed by atoms with Gasteiger partial charge in [-0.1, -0.05) is 84.9 Å². The van der Waals surface area contributed by atoms with Crippen LogP contribution in [0.3, 0.4) is 0 Å². The van der Waals surface area contributed by atoms with E-state index in [4.69, 9.17) is 0 Å². The van der Waals surface area contributed by atoms with Crippen molar-refractivity contribution in [1.29, 1.82) is 0 Å². The molecule has 0 amide bonds. The van der Waals surface area contributed by atoms with Crippen LogP contribution in [0.5, 0.6) is 0 Å². The predicted molar refractivity (Wildman–Crippen MR) is 127 cm³/mol. The van der Waals surface area contributed by atoms with E-state index in [1.54, 1.807) is 0 Å². The average Bonchev–Trinajstić information content (AvgIpc) is 2.82. The number of benzene rings is 5. The maximum atomic E-state index is 13.3. The molecule has 0 saturated heterocycles. The summed E-state index contributed by atoms with van der Waals surface area (Å²) in [5.41, 5.74) is 0.774. The van der Waals surface area contributed by atoms with E-state index in [2.05, 4.69) is 78.9 Å². The molecule has 0 spiro atoms. The molecular formula is C28H21OS+. The number of rotatable bonds is 5. The highest BCUT2D eigenvalue weighted by molar-refractivity contribution is 7.98. The largest absolute Gasteiger partial charge is 0.289 e. The number of hydrogen-bond donors (Lipinski definition) is 0. The third kappa shape index (κ3) is 3.51. The molecule has 1 atom stereocenters. The fourth-order valence-corrected chi connectivity index (χ4v) is 6.30. The van der Waals surface area contributed by atoms with Gasteiger partial charge in [-0.25, -0.2) is 0 Å². The van der Waals surface area contributed by atoms with Crippen LogP contribution < -0.4 is 0 Å². The Labute approximate surface area is 179 Å². The molecule has 0 aromatic heterocycles. The summed E-state index contributed by atoms with van der Waals surface area (Å²) in [5, 5.41) is 4.88. The summed E-state index contributed by atoms with van der Waals surface area (Å²) >= 11 is 0. The maximum absolute atomic E-state index is 13.3. The lowest BCUT2D eigenvalue weighted by molar-refractivity contribution is 0.102. The number of carbonyl (C=O) groups is 1. The van der Waals surface area contributed by atoms with Crippen molar-refractivity contribution in [3.05, 3.63) is 121 Å². The summed E-state index contributed by atoms with van der Waals surface area (Å²) in [6, 6.07) is 39.4. The van der Waals surface area contributed by atoms with Crippen molar-refractivity contribution in [1.82, 2.24) is 0 Å². The summed E-state index contributed by atoms with van der Waals surface area (Å²) in [6.45, 7) is 0. The van der Waals surface area contributed by atoms with Crippen LogP contribution in [-0.2, 0) is 10.9 Å². The first-order valence-electron chi connectivity index (χ1n) is 10.1. The monoisotopic (exact) mass is 405 g/mol. The Hall–Kier alpha value is -3.36. The van der Waals surface area contributed by atoms with Gasteiger partial charge >= 0.3 is 0 Å². The fraction of sp³-hybridized carbons (Fsp3) is 0.0357. The number of carbonyl (C=O) groups excluding carboxylic acids is 1. The number of hydrogen-bond acceptors (Lipinski definition) is 1. The molecule has 0 N–H and O–H groups in total. The Bertz CT molecular complexity index is 1270. The Morgan fingerprint density at radius 3 is 1.70 bits per heavy atom. The van der Waals surface area contributed by atoms with Crippen LogP contribution in [0.4, 0.5) is 0 Å². The quantitative estimate of drug-likeness (QED) is 0.176. The van der Waals surface area contributed by atoms with Gasteiger partial charge in [0.25, 0.3) is 0 Å². The van der Waals surface area contributed by atoms with Crippen molar-refractivity contribution in [2.24, 2.45) is 0 Å². The molecule has 5 aromatic carbocycles. The van der Waals surface area contributed by atoms with Crippen LogP contribution in [0.2, 0.25) is 0 Å². The summed E-state index contributed by atoms with van der Waals surface area (Å²) in [6.07, 6.45) is 0. The Balaban J connectivity index is 1.75. The van der Waals surface area contributed by atoms with E-state index < -0.39 is 0 Å². The molecule has 0 heterocycles. The normalized spacial score (nSPS) is 12.1. The number of fused-ring (bicyclic) bond motifs is 2. The molecule has 0 fully saturated rings. The van der Waals surface area contributed by atoms with Crippen LogP contribution in [-0.4, -0.2) is 11.5 Å². The van der Waals surface area contributed by atoms with Gasteiger partial charge in [0.15, 0.2) is 15.5 Å². The van der Waals surface area contributed by atoms with Crippen molar-refractivity contribution in [2.75, 3.05) is 5.75 Å². The fourth-order valence-electron chi connectivity index (χ4n) is 3.93. The van der Waals surface area contributed by atoms with Gasteiger partial charge in [-0.2, -0.15) is 0 Å². The average molecular weight is 406 g/mol. The molecule has 1 unspecified atom stereocenters. The number of ketones is 1. The maximum Gasteiger partial charge on any atom is 0.212 e. The van der Waals surface area contributed by atoms with E-state index in [0.717, 1.165) is 5.56 Å². The van der Waals surface area contributed by atoms with Crippen LogP contribution in [0.25, 0.3) is 21.5 Å². The molecule has 144 valence electrons. The van der Waals surface area contributed by atoms with E-state index in [9.17, 15) is 4.79 Å². The zero-order valence-corrected chi connectivity index (χ0v) is 17.3. The van der Waals surface area contributed by atoms with Crippen molar-refractivity contribution in [3.8, 4) is 0 Å². The predicted octanol–water partition coefficient (Wildman–Crippen LogP) is 6.91. The zero-order valence-electron chi connectivity index (χ0n) is 16.5. The summed E-state index contributed by atoms with van der Waals surface area (Å²) in [4.78, 5) is 15.7. The minimum Gasteiger partial charge on any atom is -0.289 e. The van der Waals surface area contributed by atoms with Crippen LogP contribution in [0.1, 0.15) is 10.4 Å². The lowest BCUT2D eigenvalue weighted by atomic mass is 10.0. The molecule has 5 rings (SSSR count). The lowest BCUT2D eigenvalue weighted by Crippen LogP contribution is -2.18. The molecule has 0 aliphatic carbocycles. The Kier molecular flexibility index (Phi) is 5.08. The first kappa shape index (κ1) is 18.7. The third-order valence-corrected chi connectivity index (χ3v) is 7.69. The highest BCUT2D eigenvalue weighted by Gasteiger charge is 2.32. The zero-order chi connectivity index (χ0) is 20.3. The van der Waals surface area contributed by atoms with Gasteiger partial charge in [0.05, 0.1) is 10.9 Å². The second-order valence-electron chi connectivity index (χ2n) is 7.29. The van der Waals surface area contributed by atoms with E-state index in [0.29, 0.717) is 5.75 Å². The second-order valence-corrected chi connectivity index (χ2v) is 9.24. The van der Waals surface area contributed by atoms with Crippen LogP contribution >= 0.6 is 0 Å². The second kappa shape index (κ2) is 8.17. The van der Waals surface area contributed by atoms with Crippen LogP contribution in [0.15, 0.2) is 125 Å². The minimum atomic E-state index is -0.381. The van der Waals surface area contributed by atoms with E-state index >= 15 is 0 Å². The summed E-state index contributed by atoms with van der Waals surface area (Å²) in [5.74, 6) is 0.645. The minimum absolute atomic E-state index is 0.180. The van der Waals surface area contributed by atoms with Crippen LogP contribution in [0, 0.1) is 0 Å². The smallest absolute Gasteiger partial charge is 0.212 e. The molecule has 0 saturated carbocycles. The molecule has 1 nitrogen and oxygen atoms in total. The molecule has 0 radical (unpaired) electrons. The highest BCUT2D eigenvalue weighted by Crippen LogP contribution is 2.37. The van der Waals surface area contributed by atoms with Gasteiger partial charge in [0.1, 0.15) is 0 Å². The Morgan fingerprint density at radius 2 is 1.10 bits per heavy atom. The molecule has 5 aromatic rings. The van der Waals surface area contributed by atoms with Gasteiger partial charge < -0.3 is 0 Å². The molecule has 30 heavy (non-hydrogen) atoms. The molecule has 0 aliphatic rings. The van der Waals surface area contributed by atoms with Gasteiger partial charge in [-0.15, -0.1) is 0 Å². The van der Waals surface area contributed by atoms with Crippen molar-refractivity contribution < 1.29 is 4.79 Å². The van der Waals surface area contributed by atoms with Crippen molar-refractivity contribution >= 4 is 38.2 Å². The lowest BCUT2D eigenvalue weighted by Gasteiger charge is -2.13. The number of Topliss-reactive ketones (excluding diaryl/α,β-unsaturated/α-hetero) is 1. The third-order valence-electron chi connectivity index (χ3n) is 5.37. The van der Waals surface area contributed by atoms with Gasteiger partial charge in [-0.3, -0.25) is 4.79 Å². The SMILES string of the molecule is O=C(C[S+](c1ccccc1)c1c2ccccc2cc2ccccc12)c1ccccc1. The Morgan fingerprint density at radius 1 is 0.600 bits per heavy atom. The molecule has 0 bridgehead atoms. The van der Waals surface area contributed by atoms with E-state index in [1.165, 1.54) is 31.3 Å². The standard InChI is InChI=1S/C28H21OS/c29-27(21-11-3-1-4-12-21)20-30(24-15-5-2-6-16-24)28-25-17-9-7-13-22(25)19-23-14-8-10-18-26(23)28/h1-19H,20H2/q+1. The van der Waals surface area contributed by atoms with Crippen molar-refractivity contribution in [3.63, 3.8) is 0 Å². The highest BCUT2D eigenvalue weighted by atomic mass is 32.2. The van der Waals surface area contributed by atoms with Crippen molar-refractivity contribution in [2.45, 2.75) is 9.79 Å². The first-order valence-corrected chi connectivity index (χ1v) is 11.5. The van der Waals surface area contributed by atoms with E-state index in [-0.39, 0.29) is 16.7 Å². The summed E-state index contributed by atoms with van der Waals surface area (Å²) in [7, 11) is -0.381. The van der Waals surface area contributed by atoms with E-state index in [1.807, 2.05) is 36.4 Å². The van der Waals surface area contributed by atoms with Gasteiger partial charge in [0, 0.05) is 16.3 Å².